The van der Waals surface area contributed by atoms with Gasteiger partial charge in [0.25, 0.3) is 5.91 Å². The lowest BCUT2D eigenvalue weighted by atomic mass is 9.95. The highest BCUT2D eigenvalue weighted by Gasteiger charge is 2.28. The van der Waals surface area contributed by atoms with E-state index in [1.54, 1.807) is 23.5 Å². The number of amides is 2. The van der Waals surface area contributed by atoms with Crippen molar-refractivity contribution in [1.29, 1.82) is 0 Å². The number of furan rings is 1. The summed E-state index contributed by atoms with van der Waals surface area (Å²) in [6, 6.07) is 9.29. The van der Waals surface area contributed by atoms with E-state index >= 15 is 0 Å². The molecule has 0 spiro atoms. The molecule has 1 aliphatic heterocycles. The van der Waals surface area contributed by atoms with Crippen LogP contribution in [-0.2, 0) is 4.79 Å². The lowest BCUT2D eigenvalue weighted by Crippen LogP contribution is -2.41. The predicted molar refractivity (Wildman–Crippen MR) is 99.5 cm³/mol. The maximum atomic E-state index is 12.5. The zero-order chi connectivity index (χ0) is 18.6. The summed E-state index contributed by atoms with van der Waals surface area (Å²) in [5.41, 5.74) is 2.30. The highest BCUT2D eigenvalue weighted by Crippen LogP contribution is 2.22. The van der Waals surface area contributed by atoms with Crippen LogP contribution in [0, 0.1) is 5.92 Å². The Balaban J connectivity index is 1.31. The second kappa shape index (κ2) is 7.49. The van der Waals surface area contributed by atoms with Crippen LogP contribution in [0.3, 0.4) is 0 Å². The number of likely N-dealkylation sites (tertiary alicyclic amines) is 1. The van der Waals surface area contributed by atoms with Gasteiger partial charge in [0.05, 0.1) is 18.2 Å². The van der Waals surface area contributed by atoms with Crippen molar-refractivity contribution in [2.24, 2.45) is 5.92 Å². The molecule has 27 heavy (non-hydrogen) atoms. The third kappa shape index (κ3) is 3.76. The molecule has 7 heteroatoms. The van der Waals surface area contributed by atoms with Crippen LogP contribution in [0.4, 0.5) is 5.69 Å². The number of carbonyl (C=O) groups excluding carboxylic acids is 2. The van der Waals surface area contributed by atoms with E-state index in [0.717, 1.165) is 11.4 Å². The van der Waals surface area contributed by atoms with Gasteiger partial charge in [-0.1, -0.05) is 0 Å². The Labute approximate surface area is 156 Å². The molecule has 0 aliphatic carbocycles. The number of imidazole rings is 1. The van der Waals surface area contributed by atoms with Crippen molar-refractivity contribution in [3.05, 3.63) is 67.1 Å². The molecule has 0 radical (unpaired) electrons. The number of hydrogen-bond acceptors (Lipinski definition) is 4. The van der Waals surface area contributed by atoms with Crippen LogP contribution < -0.4 is 5.32 Å². The largest absolute Gasteiger partial charge is 0.472 e. The number of aromatic nitrogens is 2. The topological polar surface area (TPSA) is 80.4 Å². The molecule has 1 aliphatic rings. The minimum absolute atomic E-state index is 0.000732. The summed E-state index contributed by atoms with van der Waals surface area (Å²) in [7, 11) is 0. The minimum Gasteiger partial charge on any atom is -0.472 e. The first kappa shape index (κ1) is 17.1. The van der Waals surface area contributed by atoms with Gasteiger partial charge in [-0.05, 0) is 43.2 Å². The third-order valence-electron chi connectivity index (χ3n) is 4.86. The van der Waals surface area contributed by atoms with Crippen LogP contribution in [0.2, 0.25) is 0 Å². The SMILES string of the molecule is O=C(Nc1ccc(-n2ccnc2)cc1)C1CCN(C(=O)c2ccoc2)CC1. The number of rotatable bonds is 4. The molecule has 4 rings (SSSR count). The monoisotopic (exact) mass is 364 g/mol. The van der Waals surface area contributed by atoms with E-state index in [4.69, 9.17) is 4.42 Å². The summed E-state index contributed by atoms with van der Waals surface area (Å²) < 4.78 is 6.87. The van der Waals surface area contributed by atoms with Crippen molar-refractivity contribution >= 4 is 17.5 Å². The number of nitrogens with one attached hydrogen (secondary N) is 1. The Bertz CT molecular complexity index is 893. The fourth-order valence-electron chi connectivity index (χ4n) is 3.29. The molecule has 3 heterocycles. The van der Waals surface area contributed by atoms with E-state index in [2.05, 4.69) is 10.3 Å². The lowest BCUT2D eigenvalue weighted by molar-refractivity contribution is -0.121. The van der Waals surface area contributed by atoms with E-state index in [-0.39, 0.29) is 17.7 Å². The van der Waals surface area contributed by atoms with Crippen molar-refractivity contribution in [3.8, 4) is 5.69 Å². The number of anilines is 1. The summed E-state index contributed by atoms with van der Waals surface area (Å²) in [4.78, 5) is 30.7. The molecule has 0 atom stereocenters. The molecule has 7 nitrogen and oxygen atoms in total. The standard InChI is InChI=1S/C20H20N4O3/c25-19(22-17-1-3-18(4-2-17)24-11-8-21-14-24)15-5-9-23(10-6-15)20(26)16-7-12-27-13-16/h1-4,7-8,11-15H,5-6,9-10H2,(H,22,25). The molecule has 0 unspecified atom stereocenters. The van der Waals surface area contributed by atoms with Gasteiger partial charge in [-0.15, -0.1) is 0 Å². The highest BCUT2D eigenvalue weighted by molar-refractivity contribution is 5.95. The van der Waals surface area contributed by atoms with Crippen molar-refractivity contribution in [3.63, 3.8) is 0 Å². The Kier molecular flexibility index (Phi) is 4.74. The van der Waals surface area contributed by atoms with Gasteiger partial charge >= 0.3 is 0 Å². The quantitative estimate of drug-likeness (QED) is 0.772. The summed E-state index contributed by atoms with van der Waals surface area (Å²) in [6.45, 7) is 1.14. The molecule has 2 aromatic heterocycles. The molecule has 3 aromatic rings. The third-order valence-corrected chi connectivity index (χ3v) is 4.86. The second-order valence-electron chi connectivity index (χ2n) is 6.58. The average Bonchev–Trinajstić information content (AvgIpc) is 3.42. The van der Waals surface area contributed by atoms with Gasteiger partial charge in [-0.2, -0.15) is 0 Å². The zero-order valence-electron chi connectivity index (χ0n) is 14.7. The van der Waals surface area contributed by atoms with Crippen molar-refractivity contribution in [1.82, 2.24) is 14.5 Å². The van der Waals surface area contributed by atoms with Crippen molar-refractivity contribution in [2.75, 3.05) is 18.4 Å². The van der Waals surface area contributed by atoms with Gasteiger partial charge in [-0.25, -0.2) is 4.98 Å². The zero-order valence-corrected chi connectivity index (χ0v) is 14.7. The van der Waals surface area contributed by atoms with Gasteiger partial charge in [0, 0.05) is 42.8 Å². The van der Waals surface area contributed by atoms with Gasteiger partial charge in [0.2, 0.25) is 5.91 Å². The van der Waals surface area contributed by atoms with Gasteiger partial charge in [0.1, 0.15) is 6.26 Å². The summed E-state index contributed by atoms with van der Waals surface area (Å²) in [5, 5.41) is 2.97. The Morgan fingerprint density at radius 3 is 2.52 bits per heavy atom. The number of nitrogens with zero attached hydrogens (tertiary/aromatic N) is 3. The molecule has 0 bridgehead atoms. The first-order valence-corrected chi connectivity index (χ1v) is 8.91. The predicted octanol–water partition coefficient (Wildman–Crippen LogP) is 2.96. The van der Waals surface area contributed by atoms with Crippen LogP contribution in [0.15, 0.2) is 66.0 Å². The van der Waals surface area contributed by atoms with E-state index in [1.807, 2.05) is 35.0 Å². The van der Waals surface area contributed by atoms with Crippen LogP contribution in [-0.4, -0.2) is 39.4 Å². The van der Waals surface area contributed by atoms with Crippen LogP contribution in [0.1, 0.15) is 23.2 Å². The molecule has 1 aromatic carbocycles. The molecule has 138 valence electrons. The van der Waals surface area contributed by atoms with E-state index in [1.165, 1.54) is 12.5 Å². The maximum Gasteiger partial charge on any atom is 0.257 e. The average molecular weight is 364 g/mol. The molecular weight excluding hydrogens is 344 g/mol. The number of piperidine rings is 1. The fourth-order valence-corrected chi connectivity index (χ4v) is 3.29. The highest BCUT2D eigenvalue weighted by atomic mass is 16.3. The smallest absolute Gasteiger partial charge is 0.257 e. The molecule has 2 amide bonds. The molecule has 0 saturated carbocycles. The lowest BCUT2D eigenvalue weighted by Gasteiger charge is -2.31. The van der Waals surface area contributed by atoms with E-state index in [9.17, 15) is 9.59 Å². The fraction of sp³-hybridized carbons (Fsp3) is 0.250. The summed E-state index contributed by atoms with van der Waals surface area (Å²) in [6.07, 6.45) is 9.57. The maximum absolute atomic E-state index is 12.5. The van der Waals surface area contributed by atoms with Crippen molar-refractivity contribution in [2.45, 2.75) is 12.8 Å². The normalized spacial score (nSPS) is 14.9. The van der Waals surface area contributed by atoms with Gasteiger partial charge < -0.3 is 19.2 Å². The first-order valence-electron chi connectivity index (χ1n) is 8.91. The summed E-state index contributed by atoms with van der Waals surface area (Å²) >= 11 is 0. The van der Waals surface area contributed by atoms with Crippen LogP contribution in [0.25, 0.3) is 5.69 Å². The van der Waals surface area contributed by atoms with E-state index in [0.29, 0.717) is 31.5 Å². The Hall–Kier alpha value is -3.35. The van der Waals surface area contributed by atoms with Crippen LogP contribution in [0.5, 0.6) is 0 Å². The first-order chi connectivity index (χ1) is 13.2. The number of carbonyl (C=O) groups is 2. The molecular formula is C20H20N4O3. The minimum atomic E-state index is -0.0910. The Morgan fingerprint density at radius 1 is 1.11 bits per heavy atom. The summed E-state index contributed by atoms with van der Waals surface area (Å²) in [5.74, 6) is -0.134. The number of benzene rings is 1. The Morgan fingerprint density at radius 2 is 1.89 bits per heavy atom. The molecule has 1 fully saturated rings. The van der Waals surface area contributed by atoms with Gasteiger partial charge in [-0.3, -0.25) is 9.59 Å². The molecule has 1 saturated heterocycles. The van der Waals surface area contributed by atoms with Gasteiger partial charge in [0.15, 0.2) is 0 Å². The molecule has 1 N–H and O–H groups in total. The number of hydrogen-bond donors (Lipinski definition) is 1. The second-order valence-corrected chi connectivity index (χ2v) is 6.58. The van der Waals surface area contributed by atoms with E-state index < -0.39 is 0 Å². The van der Waals surface area contributed by atoms with Crippen LogP contribution >= 0.6 is 0 Å². The van der Waals surface area contributed by atoms with Crippen molar-refractivity contribution < 1.29 is 14.0 Å².